The number of piperidine rings is 1. The molecule has 0 bridgehead atoms. The molecule has 5 heteroatoms. The van der Waals surface area contributed by atoms with E-state index in [0.29, 0.717) is 24.0 Å². The number of likely N-dealkylation sites (tertiary alicyclic amines) is 1. The molecule has 23 heavy (non-hydrogen) atoms. The first-order chi connectivity index (χ1) is 11.0. The van der Waals surface area contributed by atoms with Crippen LogP contribution in [0.1, 0.15) is 37.6 Å². The summed E-state index contributed by atoms with van der Waals surface area (Å²) in [5.41, 5.74) is 1.46. The maximum absolute atomic E-state index is 12.1. The van der Waals surface area contributed by atoms with Crippen LogP contribution in [0.15, 0.2) is 29.4 Å². The number of hydrogen-bond donors (Lipinski definition) is 1. The molecule has 1 aliphatic rings. The molecule has 1 saturated heterocycles. The third-order valence-corrected chi connectivity index (χ3v) is 4.12. The van der Waals surface area contributed by atoms with Crippen molar-refractivity contribution in [1.29, 1.82) is 0 Å². The van der Waals surface area contributed by atoms with Gasteiger partial charge in [0.2, 0.25) is 0 Å². The minimum absolute atomic E-state index is 0.330. The molecule has 0 unspecified atom stereocenters. The summed E-state index contributed by atoms with van der Waals surface area (Å²) in [5.74, 6) is 0.994. The molecule has 1 fully saturated rings. The van der Waals surface area contributed by atoms with E-state index in [4.69, 9.17) is 9.57 Å². The molecular weight excluding hydrogens is 292 g/mol. The van der Waals surface area contributed by atoms with Gasteiger partial charge in [-0.05, 0) is 30.7 Å². The van der Waals surface area contributed by atoms with Crippen LogP contribution in [0.2, 0.25) is 0 Å². The van der Waals surface area contributed by atoms with Gasteiger partial charge >= 0.3 is 5.97 Å². The highest BCUT2D eigenvalue weighted by Crippen LogP contribution is 2.15. The zero-order valence-corrected chi connectivity index (χ0v) is 14.5. The number of hydrogen-bond acceptors (Lipinski definition) is 4. The Balaban J connectivity index is 1.97. The molecule has 1 aromatic carbocycles. The Morgan fingerprint density at radius 3 is 2.39 bits per heavy atom. The van der Waals surface area contributed by atoms with Gasteiger partial charge in [-0.25, -0.2) is 4.79 Å². The molecule has 0 aromatic heterocycles. The lowest BCUT2D eigenvalue weighted by molar-refractivity contribution is -0.887. The monoisotopic (exact) mass is 319 g/mol. The number of nitrogens with one attached hydrogen (secondary N) is 1. The van der Waals surface area contributed by atoms with Crippen LogP contribution in [0.3, 0.4) is 0 Å². The summed E-state index contributed by atoms with van der Waals surface area (Å²) in [6.07, 6.45) is 0.953. The fourth-order valence-corrected chi connectivity index (χ4v) is 3.06. The lowest BCUT2D eigenvalue weighted by Crippen LogP contribution is -3.12. The van der Waals surface area contributed by atoms with Crippen LogP contribution in [-0.4, -0.2) is 38.4 Å². The van der Waals surface area contributed by atoms with Crippen molar-refractivity contribution in [2.75, 3.05) is 26.7 Å². The molecule has 2 atom stereocenters. The van der Waals surface area contributed by atoms with Crippen molar-refractivity contribution in [3.05, 3.63) is 29.8 Å². The molecule has 0 amide bonds. The van der Waals surface area contributed by atoms with Crippen molar-refractivity contribution in [3.63, 3.8) is 0 Å². The summed E-state index contributed by atoms with van der Waals surface area (Å²) >= 11 is 0. The number of oxime groups is 1. The van der Waals surface area contributed by atoms with Crippen LogP contribution in [0.5, 0.6) is 5.75 Å². The molecule has 2 rings (SSSR count). The van der Waals surface area contributed by atoms with Gasteiger partial charge in [-0.15, -0.1) is 0 Å². The fourth-order valence-electron chi connectivity index (χ4n) is 3.06. The van der Waals surface area contributed by atoms with Crippen LogP contribution < -0.4 is 9.64 Å². The maximum Gasteiger partial charge on any atom is 0.365 e. The minimum Gasteiger partial charge on any atom is -0.494 e. The molecule has 126 valence electrons. The summed E-state index contributed by atoms with van der Waals surface area (Å²) in [6, 6.07) is 6.98. The number of quaternary nitrogens is 1. The highest BCUT2D eigenvalue weighted by molar-refractivity contribution is 5.92. The second kappa shape index (κ2) is 8.11. The molecule has 1 N–H and O–H groups in total. The van der Waals surface area contributed by atoms with Crippen molar-refractivity contribution in [3.8, 4) is 5.75 Å². The average Bonchev–Trinajstić information content (AvgIpc) is 2.52. The molecule has 1 aliphatic heterocycles. The van der Waals surface area contributed by atoms with Crippen LogP contribution in [0.4, 0.5) is 0 Å². The molecule has 1 aromatic rings. The molecule has 5 nitrogen and oxygen atoms in total. The summed E-state index contributed by atoms with van der Waals surface area (Å²) in [7, 11) is 2.18. The van der Waals surface area contributed by atoms with Crippen molar-refractivity contribution in [1.82, 2.24) is 0 Å². The van der Waals surface area contributed by atoms with E-state index in [9.17, 15) is 4.79 Å². The van der Waals surface area contributed by atoms with Gasteiger partial charge in [0.15, 0.2) is 0 Å². The van der Waals surface area contributed by atoms with Crippen LogP contribution >= 0.6 is 0 Å². The summed E-state index contributed by atoms with van der Waals surface area (Å²) in [6.45, 7) is 9.02. The van der Waals surface area contributed by atoms with E-state index in [1.54, 1.807) is 24.3 Å². The standard InChI is InChI=1S/C18H26N2O3/c1-5-10-22-16-8-6-15(7-9-16)18(21)23-19-17-13(2)11-20(4)12-14(17)3/h6-9,13-14H,5,10-12H2,1-4H3/p+1/t13-,14-/m0/s1. The van der Waals surface area contributed by atoms with Crippen LogP contribution in [0.25, 0.3) is 0 Å². The molecular formula is C18H27N2O3+. The van der Waals surface area contributed by atoms with Gasteiger partial charge in [-0.1, -0.05) is 25.9 Å². The Labute approximate surface area is 138 Å². The first-order valence-electron chi connectivity index (χ1n) is 8.34. The summed E-state index contributed by atoms with van der Waals surface area (Å²) in [4.78, 5) is 18.8. The summed E-state index contributed by atoms with van der Waals surface area (Å²) in [5, 5.41) is 4.15. The van der Waals surface area contributed by atoms with Gasteiger partial charge in [-0.2, -0.15) is 0 Å². The van der Waals surface area contributed by atoms with Gasteiger partial charge < -0.3 is 14.5 Å². The smallest absolute Gasteiger partial charge is 0.365 e. The van der Waals surface area contributed by atoms with Gasteiger partial charge in [0.1, 0.15) is 5.75 Å². The maximum atomic E-state index is 12.1. The second-order valence-corrected chi connectivity index (χ2v) is 6.44. The third-order valence-electron chi connectivity index (χ3n) is 4.12. The Hall–Kier alpha value is -1.88. The van der Waals surface area contributed by atoms with Gasteiger partial charge in [-0.3, -0.25) is 0 Å². The van der Waals surface area contributed by atoms with E-state index in [2.05, 4.69) is 33.0 Å². The predicted octanol–water partition coefficient (Wildman–Crippen LogP) is 1.79. The van der Waals surface area contributed by atoms with Crippen molar-refractivity contribution < 1.29 is 19.3 Å². The Morgan fingerprint density at radius 2 is 1.83 bits per heavy atom. The van der Waals surface area contributed by atoms with Gasteiger partial charge in [0.25, 0.3) is 0 Å². The molecule has 1 heterocycles. The highest BCUT2D eigenvalue weighted by Gasteiger charge is 2.30. The highest BCUT2D eigenvalue weighted by atomic mass is 16.7. The van der Waals surface area contributed by atoms with E-state index in [1.165, 1.54) is 4.90 Å². The summed E-state index contributed by atoms with van der Waals surface area (Å²) < 4.78 is 5.50. The third kappa shape index (κ3) is 4.79. The minimum atomic E-state index is -0.426. The van der Waals surface area contributed by atoms with E-state index in [-0.39, 0.29) is 0 Å². The first-order valence-corrected chi connectivity index (χ1v) is 8.34. The second-order valence-electron chi connectivity index (χ2n) is 6.44. The normalized spacial score (nSPS) is 24.2. The zero-order valence-electron chi connectivity index (χ0n) is 14.5. The van der Waals surface area contributed by atoms with Gasteiger partial charge in [0, 0.05) is 11.8 Å². The van der Waals surface area contributed by atoms with Crippen molar-refractivity contribution in [2.45, 2.75) is 27.2 Å². The van der Waals surface area contributed by atoms with E-state index < -0.39 is 5.97 Å². The zero-order chi connectivity index (χ0) is 16.8. The number of carbonyl (C=O) groups is 1. The lowest BCUT2D eigenvalue weighted by Gasteiger charge is -2.30. The largest absolute Gasteiger partial charge is 0.494 e. The molecule has 0 aliphatic carbocycles. The van der Waals surface area contributed by atoms with E-state index in [0.717, 1.165) is 31.0 Å². The van der Waals surface area contributed by atoms with Crippen LogP contribution in [0, 0.1) is 11.8 Å². The predicted molar refractivity (Wildman–Crippen MR) is 90.0 cm³/mol. The van der Waals surface area contributed by atoms with Crippen LogP contribution in [-0.2, 0) is 4.84 Å². The quantitative estimate of drug-likeness (QED) is 0.665. The number of rotatable bonds is 5. The number of ether oxygens (including phenoxy) is 1. The first kappa shape index (κ1) is 17.5. The number of carbonyl (C=O) groups excluding carboxylic acids is 1. The Kier molecular flexibility index (Phi) is 6.16. The SMILES string of the molecule is CCCOc1ccc(C(=O)ON=C2[C@@H](C)C[NH+](C)C[C@@H]2C)cc1. The Bertz CT molecular complexity index is 540. The molecule has 0 radical (unpaired) electrons. The van der Waals surface area contributed by atoms with Gasteiger partial charge in [0.05, 0.1) is 38.0 Å². The molecule has 0 spiro atoms. The van der Waals surface area contributed by atoms with Crippen molar-refractivity contribution in [2.24, 2.45) is 17.0 Å². The topological polar surface area (TPSA) is 52.3 Å². The molecule has 0 saturated carbocycles. The fraction of sp³-hybridized carbons (Fsp3) is 0.556. The van der Waals surface area contributed by atoms with E-state index in [1.807, 2.05) is 0 Å². The number of nitrogens with zero attached hydrogens (tertiary/aromatic N) is 1. The Morgan fingerprint density at radius 1 is 1.22 bits per heavy atom. The lowest BCUT2D eigenvalue weighted by atomic mass is 9.90. The van der Waals surface area contributed by atoms with Crippen molar-refractivity contribution >= 4 is 11.7 Å². The van der Waals surface area contributed by atoms with E-state index >= 15 is 0 Å². The average molecular weight is 319 g/mol. The number of benzene rings is 1.